The lowest BCUT2D eigenvalue weighted by Gasteiger charge is -2.39. The minimum atomic E-state index is -2.90. The van der Waals surface area contributed by atoms with Gasteiger partial charge in [0.1, 0.15) is 0 Å². The lowest BCUT2D eigenvalue weighted by molar-refractivity contribution is -0.159. The van der Waals surface area contributed by atoms with Gasteiger partial charge in [0.2, 0.25) is 0 Å². The van der Waals surface area contributed by atoms with Gasteiger partial charge in [-0.2, -0.15) is 0 Å². The van der Waals surface area contributed by atoms with E-state index >= 15 is 0 Å². The van der Waals surface area contributed by atoms with E-state index in [9.17, 15) is 9.59 Å². The molecule has 0 saturated heterocycles. The summed E-state index contributed by atoms with van der Waals surface area (Å²) in [7, 11) is -1.59. The maximum Gasteiger partial charge on any atom is 0.515 e. The Morgan fingerprint density at radius 2 is 1.55 bits per heavy atom. The number of ether oxygens (including phenoxy) is 2. The Hall–Kier alpha value is -1.26. The first-order valence-corrected chi connectivity index (χ1v) is 12.5. The van der Waals surface area contributed by atoms with Crippen molar-refractivity contribution < 1.29 is 32.3 Å². The fourth-order valence-corrected chi connectivity index (χ4v) is 6.29. The first-order valence-electron chi connectivity index (χ1n) is 10.5. The number of hydrogen-bond donors (Lipinski definition) is 0. The van der Waals surface area contributed by atoms with Crippen LogP contribution in [0.25, 0.3) is 0 Å². The summed E-state index contributed by atoms with van der Waals surface area (Å²) in [6.45, 7) is 11.1. The second-order valence-electron chi connectivity index (χ2n) is 6.88. The van der Waals surface area contributed by atoms with Crippen LogP contribution >= 0.6 is 0 Å². The summed E-state index contributed by atoms with van der Waals surface area (Å²) in [5.74, 6) is -1.66. The van der Waals surface area contributed by atoms with Crippen LogP contribution in [0, 0.1) is 0 Å². The van der Waals surface area contributed by atoms with Crippen LogP contribution in [0.1, 0.15) is 59.3 Å². The number of carbonyl (C=O) groups excluding carboxylic acids is 2. The maximum absolute atomic E-state index is 12.2. The molecule has 1 aliphatic rings. The summed E-state index contributed by atoms with van der Waals surface area (Å²) >= 11 is 0. The Morgan fingerprint density at radius 3 is 2.03 bits per heavy atom. The molecule has 0 aromatic heterocycles. The van der Waals surface area contributed by atoms with E-state index in [4.69, 9.17) is 22.8 Å². The van der Waals surface area contributed by atoms with E-state index in [1.807, 2.05) is 20.8 Å². The molecule has 0 unspecified atom stereocenters. The van der Waals surface area contributed by atoms with Crippen molar-refractivity contribution in [1.29, 1.82) is 0 Å². The maximum atomic E-state index is 12.2. The predicted molar refractivity (Wildman–Crippen MR) is 111 cm³/mol. The molecule has 0 radical (unpaired) electrons. The molecule has 1 aliphatic carbocycles. The van der Waals surface area contributed by atoms with Crippen molar-refractivity contribution >= 4 is 20.7 Å². The van der Waals surface area contributed by atoms with Gasteiger partial charge in [0.15, 0.2) is 5.76 Å². The van der Waals surface area contributed by atoms with Gasteiger partial charge in [-0.05, 0) is 40.2 Å². The van der Waals surface area contributed by atoms with Gasteiger partial charge in [-0.15, -0.1) is 0 Å². The molecule has 8 nitrogen and oxygen atoms in total. The molecular formula is C20H37NO7Si. The third kappa shape index (κ3) is 8.96. The molecule has 29 heavy (non-hydrogen) atoms. The van der Waals surface area contributed by atoms with Crippen molar-refractivity contribution in [3.8, 4) is 0 Å². The molecule has 9 heteroatoms. The monoisotopic (exact) mass is 431 g/mol. The Bertz CT molecular complexity index is 506. The topological polar surface area (TPSA) is 83.5 Å². The number of methoxy groups -OCH3 is 1. The van der Waals surface area contributed by atoms with Gasteiger partial charge in [0.25, 0.3) is 0 Å². The van der Waals surface area contributed by atoms with E-state index in [2.05, 4.69) is 11.5 Å². The Labute approximate surface area is 175 Å². The highest BCUT2D eigenvalue weighted by Gasteiger charge is 2.44. The summed E-state index contributed by atoms with van der Waals surface area (Å²) in [5.41, 5.74) is 0. The van der Waals surface area contributed by atoms with E-state index in [1.165, 1.54) is 13.5 Å². The predicted octanol–water partition coefficient (Wildman–Crippen LogP) is 2.83. The minimum Gasteiger partial charge on any atom is -0.490 e. The second-order valence-corrected chi connectivity index (χ2v) is 9.43. The van der Waals surface area contributed by atoms with Crippen molar-refractivity contribution in [1.82, 2.24) is 4.90 Å². The first kappa shape index (κ1) is 25.8. The van der Waals surface area contributed by atoms with E-state index in [0.29, 0.717) is 38.6 Å². The highest BCUT2D eigenvalue weighted by Crippen LogP contribution is 2.25. The highest BCUT2D eigenvalue weighted by atomic mass is 28.4. The van der Waals surface area contributed by atoms with Gasteiger partial charge in [0, 0.05) is 32.4 Å². The largest absolute Gasteiger partial charge is 0.515 e. The van der Waals surface area contributed by atoms with Crippen LogP contribution in [-0.4, -0.2) is 71.3 Å². The fourth-order valence-electron chi connectivity index (χ4n) is 3.54. The van der Waals surface area contributed by atoms with Gasteiger partial charge in [-0.1, -0.05) is 19.3 Å². The summed E-state index contributed by atoms with van der Waals surface area (Å²) < 4.78 is 27.5. The lowest BCUT2D eigenvalue weighted by Crippen LogP contribution is -2.58. The lowest BCUT2D eigenvalue weighted by atomic mass is 9.94. The van der Waals surface area contributed by atoms with E-state index in [1.54, 1.807) is 0 Å². The van der Waals surface area contributed by atoms with Gasteiger partial charge in [0.05, 0.1) is 19.7 Å². The smallest absolute Gasteiger partial charge is 0.490 e. The third-order valence-electron chi connectivity index (χ3n) is 4.86. The fraction of sp³-hybridized carbons (Fsp3) is 0.800. The van der Waals surface area contributed by atoms with Crippen molar-refractivity contribution in [3.63, 3.8) is 0 Å². The Morgan fingerprint density at radius 1 is 1.00 bits per heavy atom. The standard InChI is InChI=1S/C20H37NO7Si/c1-6-25-29(26-7-2,27-8-3)16-21(18-12-10-9-11-13-18)15-14-19(22)28-20(23)17(4)24-5/h18H,4,6-16H2,1-3,5H3. The van der Waals surface area contributed by atoms with E-state index < -0.39 is 20.7 Å². The summed E-state index contributed by atoms with van der Waals surface area (Å²) in [4.78, 5) is 26.1. The Kier molecular flexibility index (Phi) is 12.3. The van der Waals surface area contributed by atoms with Crippen LogP contribution in [0.4, 0.5) is 0 Å². The van der Waals surface area contributed by atoms with E-state index in [-0.39, 0.29) is 12.2 Å². The zero-order valence-corrected chi connectivity index (χ0v) is 19.4. The van der Waals surface area contributed by atoms with Gasteiger partial charge >= 0.3 is 20.7 Å². The molecule has 0 atom stereocenters. The van der Waals surface area contributed by atoms with Gasteiger partial charge in [-0.25, -0.2) is 4.79 Å². The molecule has 0 N–H and O–H groups in total. The summed E-state index contributed by atoms with van der Waals surface area (Å²) in [6.07, 6.45) is 6.25. The number of rotatable bonds is 14. The van der Waals surface area contributed by atoms with Crippen LogP contribution < -0.4 is 0 Å². The average Bonchev–Trinajstić information content (AvgIpc) is 2.71. The molecule has 0 aromatic carbocycles. The molecule has 168 valence electrons. The third-order valence-corrected chi connectivity index (χ3v) is 7.84. The quantitative estimate of drug-likeness (QED) is 0.136. The number of esters is 2. The molecule has 0 spiro atoms. The van der Waals surface area contributed by atoms with Crippen molar-refractivity contribution in [3.05, 3.63) is 12.3 Å². The molecule has 0 amide bonds. The molecule has 1 saturated carbocycles. The number of hydrogen-bond acceptors (Lipinski definition) is 8. The minimum absolute atomic E-state index is 0.0775. The molecule has 0 bridgehead atoms. The first-order chi connectivity index (χ1) is 13.9. The molecule has 0 heterocycles. The molecule has 1 rings (SSSR count). The molecule has 0 aliphatic heterocycles. The molecule has 1 fully saturated rings. The van der Waals surface area contributed by atoms with Crippen LogP contribution in [0.5, 0.6) is 0 Å². The number of nitrogens with zero attached hydrogens (tertiary/aromatic N) is 1. The summed E-state index contributed by atoms with van der Waals surface area (Å²) in [5, 5.41) is 0. The molecule has 0 aromatic rings. The highest BCUT2D eigenvalue weighted by molar-refractivity contribution is 6.60. The molecular weight excluding hydrogens is 394 g/mol. The van der Waals surface area contributed by atoms with Crippen LogP contribution in [0.3, 0.4) is 0 Å². The summed E-state index contributed by atoms with van der Waals surface area (Å²) in [6, 6.07) is 0.328. The zero-order chi connectivity index (χ0) is 21.7. The van der Waals surface area contributed by atoms with Gasteiger partial charge < -0.3 is 22.8 Å². The van der Waals surface area contributed by atoms with Crippen molar-refractivity contribution in [2.45, 2.75) is 65.3 Å². The van der Waals surface area contributed by atoms with Crippen LogP contribution in [0.15, 0.2) is 12.3 Å². The van der Waals surface area contributed by atoms with Gasteiger partial charge in [-0.3, -0.25) is 9.69 Å². The number of carbonyl (C=O) groups is 2. The van der Waals surface area contributed by atoms with E-state index in [0.717, 1.165) is 25.7 Å². The van der Waals surface area contributed by atoms with Crippen molar-refractivity contribution in [2.24, 2.45) is 0 Å². The van der Waals surface area contributed by atoms with Crippen molar-refractivity contribution in [2.75, 3.05) is 39.6 Å². The van der Waals surface area contributed by atoms with Crippen LogP contribution in [-0.2, 0) is 32.3 Å². The average molecular weight is 432 g/mol. The normalized spacial score (nSPS) is 15.3. The SMILES string of the molecule is C=C(OC)C(=O)OC(=O)CCN(C[Si](OCC)(OCC)OCC)C1CCCCC1. The Balaban J connectivity index is 2.85. The van der Waals surface area contributed by atoms with Crippen LogP contribution in [0.2, 0.25) is 0 Å². The zero-order valence-electron chi connectivity index (χ0n) is 18.4. The second kappa shape index (κ2) is 13.9.